The monoisotopic (exact) mass is 327 g/mol. The minimum Gasteiger partial charge on any atom is -0.480 e. The molecule has 2 unspecified atom stereocenters. The van der Waals surface area contributed by atoms with Crippen molar-refractivity contribution >= 4 is 51.0 Å². The van der Waals surface area contributed by atoms with E-state index in [0.29, 0.717) is 0 Å². The van der Waals surface area contributed by atoms with E-state index in [4.69, 9.17) is 0 Å². The molecule has 1 N–H and O–H groups in total. The van der Waals surface area contributed by atoms with Crippen LogP contribution in [0, 0.1) is 0 Å². The molecule has 0 saturated heterocycles. The van der Waals surface area contributed by atoms with E-state index in [9.17, 15) is 9.90 Å². The van der Waals surface area contributed by atoms with Gasteiger partial charge in [0.1, 0.15) is 5.25 Å². The number of carboxylic acids is 1. The normalized spacial score (nSPS) is 14.3. The third-order valence-corrected chi connectivity index (χ3v) is 6.69. The molecule has 0 aliphatic heterocycles. The molecule has 1 aromatic heterocycles. The van der Waals surface area contributed by atoms with E-state index in [-0.39, 0.29) is 5.25 Å². The van der Waals surface area contributed by atoms with Crippen molar-refractivity contribution in [3.8, 4) is 0 Å². The molecule has 20 heavy (non-hydrogen) atoms. The zero-order valence-electron chi connectivity index (χ0n) is 11.4. The van der Waals surface area contributed by atoms with Crippen LogP contribution >= 0.6 is 34.9 Å². The van der Waals surface area contributed by atoms with Gasteiger partial charge in [0.2, 0.25) is 0 Å². The maximum atomic E-state index is 11.5. The first-order valence-electron chi connectivity index (χ1n) is 6.43. The van der Waals surface area contributed by atoms with Gasteiger partial charge in [-0.15, -0.1) is 11.3 Å². The van der Waals surface area contributed by atoms with Crippen LogP contribution in [0.1, 0.15) is 19.8 Å². The van der Waals surface area contributed by atoms with Gasteiger partial charge in [-0.25, -0.2) is 4.98 Å². The molecule has 0 fully saturated rings. The van der Waals surface area contributed by atoms with Gasteiger partial charge in [-0.2, -0.15) is 11.8 Å². The van der Waals surface area contributed by atoms with Crippen LogP contribution in [0.25, 0.3) is 10.2 Å². The standard InChI is InChI=1S/C14H17NO2S3/c1-3-6-11(18-2)12(13(16)17)20-14-15-9-7-4-5-8-10(9)19-14/h4-5,7-8,11-12H,3,6H2,1-2H3,(H,16,17). The Labute approximate surface area is 131 Å². The molecular weight excluding hydrogens is 310 g/mol. The molecule has 2 atom stereocenters. The number of fused-ring (bicyclic) bond motifs is 1. The summed E-state index contributed by atoms with van der Waals surface area (Å²) in [7, 11) is 0. The van der Waals surface area contributed by atoms with Crippen molar-refractivity contribution in [2.45, 2.75) is 34.6 Å². The van der Waals surface area contributed by atoms with Gasteiger partial charge < -0.3 is 5.11 Å². The lowest BCUT2D eigenvalue weighted by atomic mass is 10.2. The lowest BCUT2D eigenvalue weighted by molar-refractivity contribution is -0.136. The third kappa shape index (κ3) is 3.68. The summed E-state index contributed by atoms with van der Waals surface area (Å²) in [6.07, 6.45) is 3.89. The van der Waals surface area contributed by atoms with Crippen molar-refractivity contribution < 1.29 is 9.90 Å². The number of nitrogens with zero attached hydrogens (tertiary/aromatic N) is 1. The Hall–Kier alpha value is -0.720. The Balaban J connectivity index is 2.20. The van der Waals surface area contributed by atoms with E-state index in [1.54, 1.807) is 23.1 Å². The number of benzene rings is 1. The maximum Gasteiger partial charge on any atom is 0.318 e. The molecule has 1 aromatic carbocycles. The largest absolute Gasteiger partial charge is 0.480 e. The Morgan fingerprint density at radius 1 is 1.45 bits per heavy atom. The van der Waals surface area contributed by atoms with Crippen molar-refractivity contribution in [2.75, 3.05) is 6.26 Å². The van der Waals surface area contributed by atoms with Crippen LogP contribution in [0.5, 0.6) is 0 Å². The first kappa shape index (κ1) is 15.7. The van der Waals surface area contributed by atoms with E-state index in [0.717, 1.165) is 27.4 Å². The number of carboxylic acid groups (broad SMARTS) is 1. The number of aromatic nitrogens is 1. The van der Waals surface area contributed by atoms with Crippen molar-refractivity contribution in [3.05, 3.63) is 24.3 Å². The zero-order valence-corrected chi connectivity index (χ0v) is 13.9. The number of para-hydroxylation sites is 1. The lowest BCUT2D eigenvalue weighted by Crippen LogP contribution is -2.28. The van der Waals surface area contributed by atoms with Crippen LogP contribution in [0.2, 0.25) is 0 Å². The van der Waals surface area contributed by atoms with E-state index in [1.165, 1.54) is 11.8 Å². The molecule has 6 heteroatoms. The summed E-state index contributed by atoms with van der Waals surface area (Å²) in [6.45, 7) is 2.09. The van der Waals surface area contributed by atoms with Gasteiger partial charge >= 0.3 is 5.97 Å². The summed E-state index contributed by atoms with van der Waals surface area (Å²) < 4.78 is 1.95. The highest BCUT2D eigenvalue weighted by molar-refractivity contribution is 8.05. The van der Waals surface area contributed by atoms with Gasteiger partial charge in [-0.1, -0.05) is 37.2 Å². The highest BCUT2D eigenvalue weighted by atomic mass is 32.2. The topological polar surface area (TPSA) is 50.2 Å². The fourth-order valence-corrected chi connectivity index (χ4v) is 5.53. The maximum absolute atomic E-state index is 11.5. The summed E-state index contributed by atoms with van der Waals surface area (Å²) in [4.78, 5) is 16.1. The van der Waals surface area contributed by atoms with Gasteiger partial charge in [-0.3, -0.25) is 4.79 Å². The summed E-state index contributed by atoms with van der Waals surface area (Å²) in [6, 6.07) is 7.91. The summed E-state index contributed by atoms with van der Waals surface area (Å²) in [5.74, 6) is -0.748. The number of hydrogen-bond donors (Lipinski definition) is 1. The second-order valence-electron chi connectivity index (χ2n) is 4.39. The van der Waals surface area contributed by atoms with Gasteiger partial charge in [-0.05, 0) is 24.8 Å². The highest BCUT2D eigenvalue weighted by Gasteiger charge is 2.29. The number of aliphatic carboxylic acids is 1. The van der Waals surface area contributed by atoms with Gasteiger partial charge in [0.15, 0.2) is 4.34 Å². The molecule has 0 bridgehead atoms. The molecule has 1 heterocycles. The van der Waals surface area contributed by atoms with Crippen LogP contribution in [-0.2, 0) is 4.79 Å². The Morgan fingerprint density at radius 2 is 2.20 bits per heavy atom. The van der Waals surface area contributed by atoms with Crippen molar-refractivity contribution in [1.82, 2.24) is 4.98 Å². The number of carbonyl (C=O) groups is 1. The van der Waals surface area contributed by atoms with Crippen LogP contribution in [0.3, 0.4) is 0 Å². The molecule has 108 valence electrons. The van der Waals surface area contributed by atoms with Crippen LogP contribution < -0.4 is 0 Å². The first-order chi connectivity index (χ1) is 9.65. The number of thiazole rings is 1. The fraction of sp³-hybridized carbons (Fsp3) is 0.429. The molecule has 0 aliphatic rings. The number of rotatable bonds is 7. The van der Waals surface area contributed by atoms with E-state index in [2.05, 4.69) is 11.9 Å². The van der Waals surface area contributed by atoms with Crippen molar-refractivity contribution in [1.29, 1.82) is 0 Å². The first-order valence-corrected chi connectivity index (χ1v) is 9.42. The quantitative estimate of drug-likeness (QED) is 0.765. The predicted molar refractivity (Wildman–Crippen MR) is 89.1 cm³/mol. The van der Waals surface area contributed by atoms with Crippen molar-refractivity contribution in [2.24, 2.45) is 0 Å². The van der Waals surface area contributed by atoms with Gasteiger partial charge in [0.25, 0.3) is 0 Å². The average molecular weight is 327 g/mol. The molecule has 3 nitrogen and oxygen atoms in total. The second kappa shape index (κ2) is 7.33. The van der Waals surface area contributed by atoms with Gasteiger partial charge in [0, 0.05) is 5.25 Å². The van der Waals surface area contributed by atoms with Gasteiger partial charge in [0.05, 0.1) is 10.2 Å². The summed E-state index contributed by atoms with van der Waals surface area (Å²) in [5, 5.41) is 9.16. The minimum absolute atomic E-state index is 0.120. The average Bonchev–Trinajstić information content (AvgIpc) is 2.84. The highest BCUT2D eigenvalue weighted by Crippen LogP contribution is 2.36. The van der Waals surface area contributed by atoms with Crippen LogP contribution in [-0.4, -0.2) is 32.8 Å². The van der Waals surface area contributed by atoms with Crippen LogP contribution in [0.15, 0.2) is 28.6 Å². The predicted octanol–water partition coefficient (Wildman–Crippen LogP) is 4.37. The molecule has 0 saturated carbocycles. The van der Waals surface area contributed by atoms with E-state index in [1.807, 2.05) is 30.5 Å². The summed E-state index contributed by atoms with van der Waals surface area (Å²) >= 11 is 4.58. The van der Waals surface area contributed by atoms with Crippen LogP contribution in [0.4, 0.5) is 0 Å². The molecule has 0 aliphatic carbocycles. The molecule has 0 spiro atoms. The molecule has 0 amide bonds. The SMILES string of the molecule is CCCC(SC)C(Sc1nc2ccccc2s1)C(=O)O. The number of hydrogen-bond acceptors (Lipinski definition) is 5. The Morgan fingerprint density at radius 3 is 2.80 bits per heavy atom. The molecule has 0 radical (unpaired) electrons. The zero-order chi connectivity index (χ0) is 14.5. The Bertz CT molecular complexity index is 552. The van der Waals surface area contributed by atoms with Crippen molar-refractivity contribution in [3.63, 3.8) is 0 Å². The smallest absolute Gasteiger partial charge is 0.318 e. The lowest BCUT2D eigenvalue weighted by Gasteiger charge is -2.20. The molecular formula is C14H17NO2S3. The minimum atomic E-state index is -0.748. The van der Waals surface area contributed by atoms with E-state index >= 15 is 0 Å². The molecule has 2 rings (SSSR count). The number of thioether (sulfide) groups is 2. The van der Waals surface area contributed by atoms with E-state index < -0.39 is 11.2 Å². The fourth-order valence-electron chi connectivity index (χ4n) is 1.97. The second-order valence-corrected chi connectivity index (χ2v) is 7.88. The summed E-state index contributed by atoms with van der Waals surface area (Å²) in [5.41, 5.74) is 0.945. The molecule has 2 aromatic rings. The Kier molecular flexibility index (Phi) is 5.74. The third-order valence-electron chi connectivity index (χ3n) is 2.96.